The Hall–Kier alpha value is -2.48. The second kappa shape index (κ2) is 9.82. The van der Waals surface area contributed by atoms with E-state index in [1.54, 1.807) is 22.3 Å². The molecule has 1 saturated heterocycles. The number of nitrogens with one attached hydrogen (secondary N) is 1. The van der Waals surface area contributed by atoms with Gasteiger partial charge in [-0.15, -0.1) is 11.3 Å². The molecule has 1 fully saturated rings. The van der Waals surface area contributed by atoms with Crippen molar-refractivity contribution >= 4 is 23.2 Å². The van der Waals surface area contributed by atoms with Gasteiger partial charge in [0.2, 0.25) is 5.91 Å². The minimum atomic E-state index is -0.536. The van der Waals surface area contributed by atoms with Crippen molar-refractivity contribution in [2.75, 3.05) is 26.7 Å². The molecule has 0 radical (unpaired) electrons. The van der Waals surface area contributed by atoms with Crippen LogP contribution in [0.4, 0.5) is 4.39 Å². The average Bonchev–Trinajstić information content (AvgIpc) is 3.22. The first-order valence-electron chi connectivity index (χ1n) is 9.85. The Kier molecular flexibility index (Phi) is 7.19. The van der Waals surface area contributed by atoms with Crippen molar-refractivity contribution < 1.29 is 18.7 Å². The third-order valence-electron chi connectivity index (χ3n) is 5.05. The number of hydrogen-bond acceptors (Lipinski definition) is 5. The molecule has 0 unspecified atom stereocenters. The van der Waals surface area contributed by atoms with Crippen LogP contribution in [0.15, 0.2) is 23.6 Å². The fourth-order valence-corrected chi connectivity index (χ4v) is 4.41. The fraction of sp³-hybridized carbons (Fsp3) is 0.476. The first kappa shape index (κ1) is 21.2. The summed E-state index contributed by atoms with van der Waals surface area (Å²) in [5, 5.41) is 5.89. The van der Waals surface area contributed by atoms with Crippen molar-refractivity contribution in [3.05, 3.63) is 45.7 Å². The highest BCUT2D eigenvalue weighted by molar-refractivity contribution is 7.09. The number of piperidine rings is 1. The van der Waals surface area contributed by atoms with Crippen molar-refractivity contribution in [3.63, 3.8) is 0 Å². The van der Waals surface area contributed by atoms with E-state index in [0.717, 1.165) is 23.5 Å². The SMILES string of the molecule is CCC(=O)NCCc1csc([C@@H]2CCCN(C(=O)c3ccc(OC)c(F)c3)C2)n1. The minimum absolute atomic E-state index is 0.0388. The molecule has 2 amide bonds. The molecule has 0 spiro atoms. The van der Waals surface area contributed by atoms with Gasteiger partial charge in [-0.25, -0.2) is 9.37 Å². The zero-order chi connectivity index (χ0) is 20.8. The topological polar surface area (TPSA) is 71.5 Å². The number of rotatable bonds is 7. The van der Waals surface area contributed by atoms with Gasteiger partial charge in [0.25, 0.3) is 5.91 Å². The van der Waals surface area contributed by atoms with E-state index in [1.165, 1.54) is 19.2 Å². The summed E-state index contributed by atoms with van der Waals surface area (Å²) >= 11 is 1.60. The Labute approximate surface area is 174 Å². The predicted molar refractivity (Wildman–Crippen MR) is 110 cm³/mol. The third-order valence-corrected chi connectivity index (χ3v) is 6.11. The molecule has 1 aliphatic heterocycles. The molecule has 3 rings (SSSR count). The molecule has 156 valence electrons. The lowest BCUT2D eigenvalue weighted by molar-refractivity contribution is -0.120. The number of aromatic nitrogens is 1. The Morgan fingerprint density at radius 1 is 1.41 bits per heavy atom. The maximum absolute atomic E-state index is 14.0. The number of nitrogens with zero attached hydrogens (tertiary/aromatic N) is 2. The van der Waals surface area contributed by atoms with Gasteiger partial charge in [-0.1, -0.05) is 6.92 Å². The normalized spacial score (nSPS) is 16.5. The molecule has 1 aliphatic rings. The maximum Gasteiger partial charge on any atom is 0.253 e. The Morgan fingerprint density at radius 3 is 2.97 bits per heavy atom. The van der Waals surface area contributed by atoms with E-state index in [0.29, 0.717) is 38.0 Å². The predicted octanol–water partition coefficient (Wildman–Crippen LogP) is 3.38. The van der Waals surface area contributed by atoms with E-state index in [4.69, 9.17) is 9.72 Å². The van der Waals surface area contributed by atoms with Crippen LogP contribution in [0.2, 0.25) is 0 Å². The standard InChI is InChI=1S/C21H26FN3O3S/c1-3-19(26)23-9-8-16-13-29-20(24-16)15-5-4-10-25(12-15)21(27)14-6-7-18(28-2)17(22)11-14/h6-7,11,13,15H,3-5,8-10,12H2,1-2H3,(H,23,26)/t15-/m1/s1. The van der Waals surface area contributed by atoms with Crippen molar-refractivity contribution in [1.29, 1.82) is 0 Å². The highest BCUT2D eigenvalue weighted by atomic mass is 32.1. The highest BCUT2D eigenvalue weighted by Gasteiger charge is 2.27. The molecule has 0 aliphatic carbocycles. The van der Waals surface area contributed by atoms with Crippen LogP contribution in [0.3, 0.4) is 0 Å². The smallest absolute Gasteiger partial charge is 0.253 e. The molecule has 1 N–H and O–H groups in total. The zero-order valence-corrected chi connectivity index (χ0v) is 17.6. The van der Waals surface area contributed by atoms with E-state index in [2.05, 4.69) is 5.32 Å². The number of ether oxygens (including phenoxy) is 1. The van der Waals surface area contributed by atoms with Crippen LogP contribution in [-0.4, -0.2) is 48.4 Å². The fourth-order valence-electron chi connectivity index (χ4n) is 3.43. The largest absolute Gasteiger partial charge is 0.494 e. The van der Waals surface area contributed by atoms with E-state index in [1.807, 2.05) is 12.3 Å². The highest BCUT2D eigenvalue weighted by Crippen LogP contribution is 2.30. The van der Waals surface area contributed by atoms with Gasteiger partial charge in [0.1, 0.15) is 0 Å². The first-order chi connectivity index (χ1) is 14.0. The molecular formula is C21H26FN3O3S. The van der Waals surface area contributed by atoms with Gasteiger partial charge in [-0.05, 0) is 31.0 Å². The van der Waals surface area contributed by atoms with Crippen LogP contribution in [0.1, 0.15) is 53.2 Å². The molecule has 6 nitrogen and oxygen atoms in total. The van der Waals surface area contributed by atoms with Crippen molar-refractivity contribution in [2.24, 2.45) is 0 Å². The number of carbonyl (C=O) groups excluding carboxylic acids is 2. The molecule has 1 aromatic heterocycles. The summed E-state index contributed by atoms with van der Waals surface area (Å²) in [6.07, 6.45) is 3.03. The van der Waals surface area contributed by atoms with Crippen molar-refractivity contribution in [3.8, 4) is 5.75 Å². The molecule has 1 aromatic carbocycles. The van der Waals surface area contributed by atoms with E-state index >= 15 is 0 Å². The molecule has 0 saturated carbocycles. The lowest BCUT2D eigenvalue weighted by Gasteiger charge is -2.32. The number of hydrogen-bond donors (Lipinski definition) is 1. The minimum Gasteiger partial charge on any atom is -0.494 e. The summed E-state index contributed by atoms with van der Waals surface area (Å²) in [6, 6.07) is 4.31. The Morgan fingerprint density at radius 2 is 2.24 bits per heavy atom. The van der Waals surface area contributed by atoms with E-state index < -0.39 is 5.82 Å². The molecule has 8 heteroatoms. The van der Waals surface area contributed by atoms with Gasteiger partial charge in [-0.3, -0.25) is 9.59 Å². The van der Waals surface area contributed by atoms with Crippen LogP contribution in [-0.2, 0) is 11.2 Å². The summed E-state index contributed by atoms with van der Waals surface area (Å²) in [5.74, 6) is -0.359. The maximum atomic E-state index is 14.0. The molecule has 1 atom stereocenters. The van der Waals surface area contributed by atoms with E-state index in [-0.39, 0.29) is 23.5 Å². The lowest BCUT2D eigenvalue weighted by atomic mass is 9.98. The van der Waals surface area contributed by atoms with Gasteiger partial charge < -0.3 is 15.0 Å². The van der Waals surface area contributed by atoms with Crippen LogP contribution in [0.25, 0.3) is 0 Å². The molecule has 2 aromatic rings. The van der Waals surface area contributed by atoms with Gasteiger partial charge in [0, 0.05) is 49.3 Å². The van der Waals surface area contributed by atoms with Crippen LogP contribution < -0.4 is 10.1 Å². The van der Waals surface area contributed by atoms with Gasteiger partial charge in [-0.2, -0.15) is 0 Å². The summed E-state index contributed by atoms with van der Waals surface area (Å²) in [5.41, 5.74) is 1.29. The molecule has 29 heavy (non-hydrogen) atoms. The molecular weight excluding hydrogens is 393 g/mol. The molecule has 0 bridgehead atoms. The number of carbonyl (C=O) groups is 2. The van der Waals surface area contributed by atoms with Crippen molar-refractivity contribution in [1.82, 2.24) is 15.2 Å². The number of benzene rings is 1. The van der Waals surface area contributed by atoms with Crippen LogP contribution in [0.5, 0.6) is 5.75 Å². The van der Waals surface area contributed by atoms with Gasteiger partial charge in [0.15, 0.2) is 11.6 Å². The Bertz CT molecular complexity index is 871. The average molecular weight is 420 g/mol. The summed E-state index contributed by atoms with van der Waals surface area (Å²) in [6.45, 7) is 3.64. The summed E-state index contributed by atoms with van der Waals surface area (Å²) < 4.78 is 18.9. The van der Waals surface area contributed by atoms with Gasteiger partial charge >= 0.3 is 0 Å². The quantitative estimate of drug-likeness (QED) is 0.747. The van der Waals surface area contributed by atoms with Gasteiger partial charge in [0.05, 0.1) is 17.8 Å². The summed E-state index contributed by atoms with van der Waals surface area (Å²) in [7, 11) is 1.40. The zero-order valence-electron chi connectivity index (χ0n) is 16.7. The summed E-state index contributed by atoms with van der Waals surface area (Å²) in [4.78, 5) is 30.6. The van der Waals surface area contributed by atoms with Crippen molar-refractivity contribution in [2.45, 2.75) is 38.5 Å². The number of halogens is 1. The van der Waals surface area contributed by atoms with E-state index in [9.17, 15) is 14.0 Å². The number of methoxy groups -OCH3 is 1. The monoisotopic (exact) mass is 419 g/mol. The van der Waals surface area contributed by atoms with Crippen LogP contribution in [0, 0.1) is 5.82 Å². The molecule has 2 heterocycles. The first-order valence-corrected chi connectivity index (χ1v) is 10.7. The second-order valence-electron chi connectivity index (χ2n) is 7.07. The second-order valence-corrected chi connectivity index (χ2v) is 7.96. The lowest BCUT2D eigenvalue weighted by Crippen LogP contribution is -2.39. The number of thiazole rings is 1. The number of likely N-dealkylation sites (tertiary alicyclic amines) is 1. The third kappa shape index (κ3) is 5.32. The Balaban J connectivity index is 1.61. The van der Waals surface area contributed by atoms with Crippen LogP contribution >= 0.6 is 11.3 Å². The number of amides is 2.